The van der Waals surface area contributed by atoms with E-state index < -0.39 is 0 Å². The standard InChI is InChI=1S/C15H14ClNOS2/c1-20-13-4-2-3-12(14(13)15(17)19)18-9-10-5-7-11(16)8-6-10/h2-8H,9H2,1H3,(H2,17,19). The van der Waals surface area contributed by atoms with Crippen molar-refractivity contribution < 1.29 is 4.74 Å². The van der Waals surface area contributed by atoms with Crippen LogP contribution >= 0.6 is 35.6 Å². The summed E-state index contributed by atoms with van der Waals surface area (Å²) in [6.45, 7) is 0.449. The highest BCUT2D eigenvalue weighted by Gasteiger charge is 2.11. The second-order valence-electron chi connectivity index (χ2n) is 4.11. The lowest BCUT2D eigenvalue weighted by Gasteiger charge is -2.13. The van der Waals surface area contributed by atoms with Crippen LogP contribution in [-0.2, 0) is 6.61 Å². The maximum absolute atomic E-state index is 5.86. The fourth-order valence-corrected chi connectivity index (χ4v) is 2.82. The van der Waals surface area contributed by atoms with E-state index in [1.165, 1.54) is 0 Å². The van der Waals surface area contributed by atoms with Gasteiger partial charge in [0.05, 0.1) is 5.56 Å². The topological polar surface area (TPSA) is 35.2 Å². The summed E-state index contributed by atoms with van der Waals surface area (Å²) in [6, 6.07) is 13.3. The number of benzene rings is 2. The minimum Gasteiger partial charge on any atom is -0.488 e. The van der Waals surface area contributed by atoms with Crippen molar-refractivity contribution >= 4 is 40.6 Å². The van der Waals surface area contributed by atoms with Crippen LogP contribution in [0.2, 0.25) is 5.02 Å². The van der Waals surface area contributed by atoms with E-state index in [-0.39, 0.29) is 0 Å². The van der Waals surface area contributed by atoms with Gasteiger partial charge in [-0.25, -0.2) is 0 Å². The molecule has 0 amide bonds. The van der Waals surface area contributed by atoms with E-state index in [4.69, 9.17) is 34.3 Å². The van der Waals surface area contributed by atoms with Gasteiger partial charge in [0, 0.05) is 9.92 Å². The highest BCUT2D eigenvalue weighted by atomic mass is 35.5. The third kappa shape index (κ3) is 3.66. The summed E-state index contributed by atoms with van der Waals surface area (Å²) in [5.41, 5.74) is 7.64. The fraction of sp³-hybridized carbons (Fsp3) is 0.133. The monoisotopic (exact) mass is 323 g/mol. The van der Waals surface area contributed by atoms with Crippen LogP contribution in [0.15, 0.2) is 47.4 Å². The van der Waals surface area contributed by atoms with Crippen LogP contribution in [-0.4, -0.2) is 11.2 Å². The maximum atomic E-state index is 5.86. The molecule has 104 valence electrons. The predicted molar refractivity (Wildman–Crippen MR) is 89.9 cm³/mol. The Labute approximate surface area is 133 Å². The first kappa shape index (κ1) is 15.2. The molecule has 2 aromatic carbocycles. The molecule has 2 N–H and O–H groups in total. The van der Waals surface area contributed by atoms with Gasteiger partial charge in [0.15, 0.2) is 0 Å². The van der Waals surface area contributed by atoms with Crippen LogP contribution in [0.4, 0.5) is 0 Å². The van der Waals surface area contributed by atoms with Gasteiger partial charge in [0.25, 0.3) is 0 Å². The molecular formula is C15H14ClNOS2. The summed E-state index contributed by atoms with van der Waals surface area (Å²) in [4.78, 5) is 1.37. The van der Waals surface area contributed by atoms with Crippen molar-refractivity contribution in [2.45, 2.75) is 11.5 Å². The SMILES string of the molecule is CSc1cccc(OCc2ccc(Cl)cc2)c1C(N)=S. The molecule has 0 spiro atoms. The second-order valence-corrected chi connectivity index (χ2v) is 5.84. The van der Waals surface area contributed by atoms with Crippen LogP contribution in [0.3, 0.4) is 0 Å². The number of ether oxygens (including phenoxy) is 1. The normalized spacial score (nSPS) is 10.3. The first-order chi connectivity index (χ1) is 9.61. The van der Waals surface area contributed by atoms with Crippen molar-refractivity contribution in [3.8, 4) is 5.75 Å². The van der Waals surface area contributed by atoms with E-state index >= 15 is 0 Å². The van der Waals surface area contributed by atoms with Crippen molar-refractivity contribution in [2.24, 2.45) is 5.73 Å². The lowest BCUT2D eigenvalue weighted by Crippen LogP contribution is -2.13. The van der Waals surface area contributed by atoms with E-state index in [1.54, 1.807) is 11.8 Å². The molecule has 0 saturated carbocycles. The van der Waals surface area contributed by atoms with Gasteiger partial charge in [-0.15, -0.1) is 11.8 Å². The lowest BCUT2D eigenvalue weighted by atomic mass is 10.2. The zero-order valence-corrected chi connectivity index (χ0v) is 13.3. The van der Waals surface area contributed by atoms with Crippen LogP contribution in [0.25, 0.3) is 0 Å². The molecule has 0 bridgehead atoms. The first-order valence-electron chi connectivity index (χ1n) is 5.96. The Balaban J connectivity index is 2.21. The van der Waals surface area contributed by atoms with E-state index in [0.717, 1.165) is 16.0 Å². The van der Waals surface area contributed by atoms with Gasteiger partial charge < -0.3 is 10.5 Å². The molecule has 0 aliphatic carbocycles. The summed E-state index contributed by atoms with van der Waals surface area (Å²) in [5, 5.41) is 0.710. The van der Waals surface area contributed by atoms with Crippen molar-refractivity contribution in [1.82, 2.24) is 0 Å². The van der Waals surface area contributed by atoms with E-state index in [0.29, 0.717) is 22.4 Å². The molecule has 2 aromatic rings. The van der Waals surface area contributed by atoms with Crippen LogP contribution in [0, 0.1) is 0 Å². The fourth-order valence-electron chi connectivity index (χ4n) is 1.79. The molecule has 0 heterocycles. The minimum atomic E-state index is 0.348. The summed E-state index contributed by atoms with van der Waals surface area (Å²) in [6.07, 6.45) is 1.99. The van der Waals surface area contributed by atoms with Gasteiger partial charge in [0.2, 0.25) is 0 Å². The molecule has 2 rings (SSSR count). The van der Waals surface area contributed by atoms with E-state index in [2.05, 4.69) is 0 Å². The number of halogens is 1. The van der Waals surface area contributed by atoms with Crippen molar-refractivity contribution in [3.63, 3.8) is 0 Å². The average molecular weight is 324 g/mol. The number of hydrogen-bond acceptors (Lipinski definition) is 3. The van der Waals surface area contributed by atoms with Gasteiger partial charge in [-0.05, 0) is 36.1 Å². The molecule has 0 radical (unpaired) electrons. The third-order valence-corrected chi connectivity index (χ3v) is 4.00. The summed E-state index contributed by atoms with van der Waals surface area (Å²) < 4.78 is 5.84. The third-order valence-electron chi connectivity index (χ3n) is 2.76. The Morgan fingerprint density at radius 2 is 1.95 bits per heavy atom. The maximum Gasteiger partial charge on any atom is 0.131 e. The van der Waals surface area contributed by atoms with Crippen molar-refractivity contribution in [2.75, 3.05) is 6.26 Å². The summed E-state index contributed by atoms with van der Waals surface area (Å²) >= 11 is 12.6. The van der Waals surface area contributed by atoms with Crippen LogP contribution in [0.5, 0.6) is 5.75 Å². The highest BCUT2D eigenvalue weighted by molar-refractivity contribution is 7.98. The van der Waals surface area contributed by atoms with Gasteiger partial charge in [-0.1, -0.05) is 42.0 Å². The zero-order chi connectivity index (χ0) is 14.5. The van der Waals surface area contributed by atoms with Crippen LogP contribution in [0.1, 0.15) is 11.1 Å². The molecule has 0 aliphatic rings. The van der Waals surface area contributed by atoms with Crippen molar-refractivity contribution in [3.05, 3.63) is 58.6 Å². The number of thiocarbonyl (C=S) groups is 1. The molecule has 0 fully saturated rings. The summed E-state index contributed by atoms with van der Waals surface area (Å²) in [5.74, 6) is 0.708. The number of rotatable bonds is 5. The first-order valence-corrected chi connectivity index (χ1v) is 7.97. The van der Waals surface area contributed by atoms with Gasteiger partial charge in [-0.3, -0.25) is 0 Å². The largest absolute Gasteiger partial charge is 0.488 e. The smallest absolute Gasteiger partial charge is 0.131 e. The molecule has 0 saturated heterocycles. The van der Waals surface area contributed by atoms with Crippen LogP contribution < -0.4 is 10.5 Å². The zero-order valence-electron chi connectivity index (χ0n) is 10.9. The molecule has 0 unspecified atom stereocenters. The Hall–Kier alpha value is -1.23. The van der Waals surface area contributed by atoms with Gasteiger partial charge in [0.1, 0.15) is 17.3 Å². The molecule has 5 heteroatoms. The minimum absolute atomic E-state index is 0.348. The average Bonchev–Trinajstić information content (AvgIpc) is 2.46. The second kappa shape index (κ2) is 6.97. The Morgan fingerprint density at radius 3 is 2.55 bits per heavy atom. The quantitative estimate of drug-likeness (QED) is 0.658. The molecule has 20 heavy (non-hydrogen) atoms. The highest BCUT2D eigenvalue weighted by Crippen LogP contribution is 2.29. The predicted octanol–water partition coefficient (Wildman–Crippen LogP) is 4.28. The molecule has 0 atom stereocenters. The number of hydrogen-bond donors (Lipinski definition) is 1. The van der Waals surface area contributed by atoms with E-state index in [9.17, 15) is 0 Å². The lowest BCUT2D eigenvalue weighted by molar-refractivity contribution is 0.305. The Morgan fingerprint density at radius 1 is 1.25 bits per heavy atom. The molecule has 0 aromatic heterocycles. The van der Waals surface area contributed by atoms with Gasteiger partial charge >= 0.3 is 0 Å². The Bertz CT molecular complexity index is 614. The van der Waals surface area contributed by atoms with Crippen molar-refractivity contribution in [1.29, 1.82) is 0 Å². The molecule has 2 nitrogen and oxygen atoms in total. The molecular weight excluding hydrogens is 310 g/mol. The number of thioether (sulfide) groups is 1. The molecule has 0 aliphatic heterocycles. The number of nitrogens with two attached hydrogens (primary N) is 1. The Kier molecular flexibility index (Phi) is 5.29. The summed E-state index contributed by atoms with van der Waals surface area (Å²) in [7, 11) is 0. The van der Waals surface area contributed by atoms with E-state index in [1.807, 2.05) is 48.7 Å². The van der Waals surface area contributed by atoms with Gasteiger partial charge in [-0.2, -0.15) is 0 Å².